The quantitative estimate of drug-likeness (QED) is 0.563. The maximum absolute atomic E-state index is 12.3. The Balaban J connectivity index is 1.95. The summed E-state index contributed by atoms with van der Waals surface area (Å²) < 4.78 is 0. The molecule has 2 aromatic carbocycles. The SMILES string of the molecule is CC[NH+](CC)Cc1ccc(CNC(=O)c2ccc([N+](=O)[O-])c(C)c2)cc1. The number of hydrogen-bond donors (Lipinski definition) is 2. The highest BCUT2D eigenvalue weighted by atomic mass is 16.6. The fourth-order valence-corrected chi connectivity index (χ4v) is 2.85. The molecule has 26 heavy (non-hydrogen) atoms. The summed E-state index contributed by atoms with van der Waals surface area (Å²) >= 11 is 0. The van der Waals surface area contributed by atoms with Gasteiger partial charge >= 0.3 is 0 Å². The van der Waals surface area contributed by atoms with Crippen LogP contribution in [0, 0.1) is 17.0 Å². The second-order valence-electron chi connectivity index (χ2n) is 6.39. The smallest absolute Gasteiger partial charge is 0.272 e. The summed E-state index contributed by atoms with van der Waals surface area (Å²) in [5, 5.41) is 13.7. The van der Waals surface area contributed by atoms with Crippen LogP contribution < -0.4 is 10.2 Å². The number of benzene rings is 2. The van der Waals surface area contributed by atoms with Crippen LogP contribution in [0.15, 0.2) is 42.5 Å². The molecule has 0 aliphatic rings. The zero-order chi connectivity index (χ0) is 19.1. The van der Waals surface area contributed by atoms with Gasteiger partial charge in [-0.3, -0.25) is 14.9 Å². The van der Waals surface area contributed by atoms with Gasteiger partial charge in [-0.1, -0.05) is 24.3 Å². The maximum Gasteiger partial charge on any atom is 0.272 e. The van der Waals surface area contributed by atoms with Crippen LogP contribution in [0.2, 0.25) is 0 Å². The van der Waals surface area contributed by atoms with Gasteiger partial charge in [-0.15, -0.1) is 0 Å². The largest absolute Gasteiger partial charge is 0.348 e. The molecule has 0 heterocycles. The van der Waals surface area contributed by atoms with E-state index in [9.17, 15) is 14.9 Å². The Morgan fingerprint density at radius 2 is 1.69 bits per heavy atom. The summed E-state index contributed by atoms with van der Waals surface area (Å²) in [4.78, 5) is 24.2. The third-order valence-electron chi connectivity index (χ3n) is 4.59. The number of aryl methyl sites for hydroxylation is 1. The Morgan fingerprint density at radius 1 is 1.08 bits per heavy atom. The van der Waals surface area contributed by atoms with Crippen molar-refractivity contribution in [2.75, 3.05) is 13.1 Å². The van der Waals surface area contributed by atoms with E-state index < -0.39 is 4.92 Å². The molecule has 0 aliphatic carbocycles. The van der Waals surface area contributed by atoms with Crippen molar-refractivity contribution in [1.29, 1.82) is 0 Å². The van der Waals surface area contributed by atoms with Gasteiger partial charge in [0.2, 0.25) is 0 Å². The number of carbonyl (C=O) groups is 1. The lowest BCUT2D eigenvalue weighted by Crippen LogP contribution is -3.10. The van der Waals surface area contributed by atoms with Crippen LogP contribution in [0.4, 0.5) is 5.69 Å². The van der Waals surface area contributed by atoms with Gasteiger partial charge in [0.05, 0.1) is 18.0 Å². The number of carbonyl (C=O) groups excluding carboxylic acids is 1. The van der Waals surface area contributed by atoms with Crippen LogP contribution in [0.3, 0.4) is 0 Å². The number of nitrogens with zero attached hydrogens (tertiary/aromatic N) is 1. The van der Waals surface area contributed by atoms with Gasteiger partial charge in [-0.05, 0) is 38.5 Å². The predicted molar refractivity (Wildman–Crippen MR) is 101 cm³/mol. The van der Waals surface area contributed by atoms with Crippen molar-refractivity contribution in [2.24, 2.45) is 0 Å². The van der Waals surface area contributed by atoms with Gasteiger partial charge < -0.3 is 10.2 Å². The molecule has 2 rings (SSSR count). The summed E-state index contributed by atoms with van der Waals surface area (Å²) in [7, 11) is 0. The first-order valence-corrected chi connectivity index (χ1v) is 8.89. The van der Waals surface area contributed by atoms with E-state index in [1.807, 2.05) is 12.1 Å². The van der Waals surface area contributed by atoms with E-state index in [4.69, 9.17) is 0 Å². The summed E-state index contributed by atoms with van der Waals surface area (Å²) in [6.07, 6.45) is 0. The van der Waals surface area contributed by atoms with Crippen molar-refractivity contribution < 1.29 is 14.6 Å². The van der Waals surface area contributed by atoms with Crippen LogP contribution >= 0.6 is 0 Å². The number of nitro groups is 1. The van der Waals surface area contributed by atoms with Gasteiger partial charge in [0, 0.05) is 29.3 Å². The number of nitrogens with one attached hydrogen (secondary N) is 2. The van der Waals surface area contributed by atoms with E-state index in [0.717, 1.165) is 25.2 Å². The highest BCUT2D eigenvalue weighted by Crippen LogP contribution is 2.18. The zero-order valence-electron chi connectivity index (χ0n) is 15.5. The predicted octanol–water partition coefficient (Wildman–Crippen LogP) is 2.26. The summed E-state index contributed by atoms with van der Waals surface area (Å²) in [5.41, 5.74) is 3.23. The summed E-state index contributed by atoms with van der Waals surface area (Å²) in [5.74, 6) is -0.236. The molecule has 0 bridgehead atoms. The summed E-state index contributed by atoms with van der Waals surface area (Å²) in [6, 6.07) is 12.7. The van der Waals surface area contributed by atoms with Gasteiger partial charge in [0.25, 0.3) is 11.6 Å². The monoisotopic (exact) mass is 356 g/mol. The fraction of sp³-hybridized carbons (Fsp3) is 0.350. The number of hydrogen-bond acceptors (Lipinski definition) is 3. The Bertz CT molecular complexity index is 768. The lowest BCUT2D eigenvalue weighted by molar-refractivity contribution is -0.910. The third kappa shape index (κ3) is 5.13. The topological polar surface area (TPSA) is 76.7 Å². The van der Waals surface area contributed by atoms with Crippen molar-refractivity contribution >= 4 is 11.6 Å². The number of rotatable bonds is 8. The molecule has 6 heteroatoms. The lowest BCUT2D eigenvalue weighted by atomic mass is 10.1. The van der Waals surface area contributed by atoms with E-state index in [1.165, 1.54) is 22.6 Å². The fourth-order valence-electron chi connectivity index (χ4n) is 2.85. The lowest BCUT2D eigenvalue weighted by Gasteiger charge is -2.15. The van der Waals surface area contributed by atoms with Crippen molar-refractivity contribution in [3.8, 4) is 0 Å². The molecule has 2 N–H and O–H groups in total. The van der Waals surface area contributed by atoms with Crippen LogP contribution in [0.5, 0.6) is 0 Å². The van der Waals surface area contributed by atoms with Gasteiger partial charge in [0.15, 0.2) is 0 Å². The van der Waals surface area contributed by atoms with Gasteiger partial charge in [-0.25, -0.2) is 0 Å². The first kappa shape index (κ1) is 19.6. The summed E-state index contributed by atoms with van der Waals surface area (Å²) in [6.45, 7) is 9.62. The standard InChI is InChI=1S/C20H25N3O3/c1-4-22(5-2)14-17-8-6-16(7-9-17)13-21-20(24)18-10-11-19(23(25)26)15(3)12-18/h6-12H,4-5,13-14H2,1-3H3,(H,21,24)/p+1. The molecule has 0 unspecified atom stereocenters. The molecule has 0 spiro atoms. The van der Waals surface area contributed by atoms with Crippen LogP contribution in [0.25, 0.3) is 0 Å². The molecule has 0 aromatic heterocycles. The van der Waals surface area contributed by atoms with Crippen molar-refractivity contribution in [3.05, 3.63) is 74.8 Å². The zero-order valence-corrected chi connectivity index (χ0v) is 15.5. The first-order valence-electron chi connectivity index (χ1n) is 8.89. The molecule has 0 aliphatic heterocycles. The molecule has 2 aromatic rings. The molecule has 0 fully saturated rings. The Kier molecular flexibility index (Phi) is 6.86. The molecule has 138 valence electrons. The van der Waals surface area contributed by atoms with Crippen LogP contribution in [-0.2, 0) is 13.1 Å². The second-order valence-corrected chi connectivity index (χ2v) is 6.39. The molecule has 0 saturated heterocycles. The molecule has 0 saturated carbocycles. The van der Waals surface area contributed by atoms with Gasteiger partial charge in [-0.2, -0.15) is 0 Å². The van der Waals surface area contributed by atoms with E-state index >= 15 is 0 Å². The third-order valence-corrected chi connectivity index (χ3v) is 4.59. The first-order chi connectivity index (χ1) is 12.4. The Hall–Kier alpha value is -2.73. The molecular formula is C20H26N3O3+. The minimum absolute atomic E-state index is 0.0208. The van der Waals surface area contributed by atoms with E-state index in [-0.39, 0.29) is 11.6 Å². The van der Waals surface area contributed by atoms with E-state index in [0.29, 0.717) is 17.7 Å². The minimum atomic E-state index is -0.446. The van der Waals surface area contributed by atoms with Crippen molar-refractivity contribution in [1.82, 2.24) is 5.32 Å². The minimum Gasteiger partial charge on any atom is -0.348 e. The number of quaternary nitrogens is 1. The van der Waals surface area contributed by atoms with E-state index in [2.05, 4.69) is 31.3 Å². The van der Waals surface area contributed by atoms with Crippen LogP contribution in [0.1, 0.15) is 40.9 Å². The van der Waals surface area contributed by atoms with E-state index in [1.54, 1.807) is 13.0 Å². The van der Waals surface area contributed by atoms with Crippen molar-refractivity contribution in [2.45, 2.75) is 33.9 Å². The highest BCUT2D eigenvalue weighted by molar-refractivity contribution is 5.94. The molecule has 1 amide bonds. The molecule has 6 nitrogen and oxygen atoms in total. The molecular weight excluding hydrogens is 330 g/mol. The number of amides is 1. The average Bonchev–Trinajstić information content (AvgIpc) is 2.64. The highest BCUT2D eigenvalue weighted by Gasteiger charge is 2.13. The average molecular weight is 356 g/mol. The Labute approximate surface area is 154 Å². The molecule has 0 radical (unpaired) electrons. The van der Waals surface area contributed by atoms with Crippen LogP contribution in [-0.4, -0.2) is 23.9 Å². The van der Waals surface area contributed by atoms with Gasteiger partial charge in [0.1, 0.15) is 6.54 Å². The second kappa shape index (κ2) is 9.10. The van der Waals surface area contributed by atoms with Crippen molar-refractivity contribution in [3.63, 3.8) is 0 Å². The Morgan fingerprint density at radius 3 is 2.23 bits per heavy atom. The number of nitro benzene ring substituents is 1. The normalized spacial score (nSPS) is 10.8. The molecule has 0 atom stereocenters. The maximum atomic E-state index is 12.3.